The molecule has 0 aliphatic carbocycles. The monoisotopic (exact) mass is 334 g/mol. The van der Waals surface area contributed by atoms with E-state index in [4.69, 9.17) is 4.74 Å². The van der Waals surface area contributed by atoms with Gasteiger partial charge in [0, 0.05) is 0 Å². The molecule has 0 bridgehead atoms. The minimum absolute atomic E-state index is 0.0990. The summed E-state index contributed by atoms with van der Waals surface area (Å²) in [7, 11) is -6.33. The van der Waals surface area contributed by atoms with Crippen LogP contribution in [0.4, 0.5) is 0 Å². The third-order valence-electron chi connectivity index (χ3n) is 4.27. The summed E-state index contributed by atoms with van der Waals surface area (Å²) >= 11 is 0. The molecule has 5 nitrogen and oxygen atoms in total. The summed E-state index contributed by atoms with van der Waals surface area (Å²) in [5, 5.41) is -1.19. The molecule has 0 radical (unpaired) electrons. The zero-order valence-electron chi connectivity index (χ0n) is 12.0. The second-order valence-electron chi connectivity index (χ2n) is 5.65. The molecule has 4 atom stereocenters. The van der Waals surface area contributed by atoms with Gasteiger partial charge in [0.05, 0.1) is 34.2 Å². The molecule has 2 fully saturated rings. The lowest BCUT2D eigenvalue weighted by molar-refractivity contribution is -0.00919. The molecule has 2 rings (SSSR count). The molecule has 0 spiro atoms. The smallest absolute Gasteiger partial charge is 0.156 e. The summed E-state index contributed by atoms with van der Waals surface area (Å²) in [6, 6.07) is 0. The van der Waals surface area contributed by atoms with E-state index in [1.54, 1.807) is 12.2 Å². The Morgan fingerprint density at radius 2 is 1.24 bits per heavy atom. The molecule has 0 amide bonds. The maximum atomic E-state index is 12.0. The van der Waals surface area contributed by atoms with Crippen LogP contribution < -0.4 is 0 Å². The van der Waals surface area contributed by atoms with Gasteiger partial charge < -0.3 is 4.74 Å². The van der Waals surface area contributed by atoms with Crippen LogP contribution in [-0.2, 0) is 24.4 Å². The van der Waals surface area contributed by atoms with Crippen molar-refractivity contribution < 1.29 is 21.6 Å². The molecule has 0 aromatic rings. The molecule has 0 aromatic heterocycles. The third-order valence-corrected chi connectivity index (χ3v) is 8.72. The Kier molecular flexibility index (Phi) is 4.95. The molecule has 120 valence electrons. The Hall–Kier alpha value is -0.660. The van der Waals surface area contributed by atoms with E-state index in [1.165, 1.54) is 0 Å². The van der Waals surface area contributed by atoms with Crippen molar-refractivity contribution in [2.75, 3.05) is 11.5 Å². The summed E-state index contributed by atoms with van der Waals surface area (Å²) in [6.07, 6.45) is 3.85. The van der Waals surface area contributed by atoms with Crippen LogP contribution in [0.2, 0.25) is 0 Å². The lowest BCUT2D eigenvalue weighted by Gasteiger charge is -2.25. The number of hydrogen-bond acceptors (Lipinski definition) is 5. The van der Waals surface area contributed by atoms with Crippen LogP contribution in [-0.4, -0.2) is 51.0 Å². The van der Waals surface area contributed by atoms with E-state index in [-0.39, 0.29) is 11.5 Å². The molecule has 2 saturated heterocycles. The van der Waals surface area contributed by atoms with Crippen molar-refractivity contribution in [1.82, 2.24) is 0 Å². The fraction of sp³-hybridized carbons (Fsp3) is 0.714. The lowest BCUT2D eigenvalue weighted by Crippen LogP contribution is -2.36. The first-order valence-corrected chi connectivity index (χ1v) is 10.6. The number of sulfone groups is 2. The molecular weight excluding hydrogens is 312 g/mol. The van der Waals surface area contributed by atoms with Crippen molar-refractivity contribution >= 4 is 19.7 Å². The highest BCUT2D eigenvalue weighted by Gasteiger charge is 2.46. The highest BCUT2D eigenvalue weighted by molar-refractivity contribution is 7.92. The van der Waals surface area contributed by atoms with Gasteiger partial charge in [0.1, 0.15) is 0 Å². The van der Waals surface area contributed by atoms with Gasteiger partial charge in [-0.05, 0) is 25.7 Å². The van der Waals surface area contributed by atoms with Crippen LogP contribution in [0.25, 0.3) is 0 Å². The van der Waals surface area contributed by atoms with E-state index < -0.39 is 42.4 Å². The van der Waals surface area contributed by atoms with Gasteiger partial charge in [0.25, 0.3) is 0 Å². The SMILES string of the molecule is C=CCC1C(OC2CCS(=O)(=O)C2CC=C)CCS1(=O)=O. The van der Waals surface area contributed by atoms with Crippen molar-refractivity contribution in [2.24, 2.45) is 0 Å². The maximum Gasteiger partial charge on any atom is 0.156 e. The molecular formula is C14H22O5S2. The van der Waals surface area contributed by atoms with E-state index in [9.17, 15) is 16.8 Å². The second-order valence-corrected chi connectivity index (χ2v) is 10.3. The molecule has 4 unspecified atom stereocenters. The molecule has 2 heterocycles. The predicted molar refractivity (Wildman–Crippen MR) is 82.7 cm³/mol. The number of rotatable bonds is 6. The van der Waals surface area contributed by atoms with E-state index >= 15 is 0 Å². The lowest BCUT2D eigenvalue weighted by atomic mass is 10.1. The zero-order valence-corrected chi connectivity index (χ0v) is 13.6. The normalized spacial score (nSPS) is 37.3. The summed E-state index contributed by atoms with van der Waals surface area (Å²) in [5.41, 5.74) is 0. The van der Waals surface area contributed by atoms with Gasteiger partial charge in [-0.1, -0.05) is 12.2 Å². The first-order chi connectivity index (χ1) is 9.81. The number of hydrogen-bond donors (Lipinski definition) is 0. The van der Waals surface area contributed by atoms with E-state index in [0.29, 0.717) is 25.7 Å². The van der Waals surface area contributed by atoms with Gasteiger partial charge in [-0.3, -0.25) is 0 Å². The predicted octanol–water partition coefficient (Wildman–Crippen LogP) is 1.27. The molecule has 0 N–H and O–H groups in total. The van der Waals surface area contributed by atoms with Crippen LogP contribution in [0, 0.1) is 0 Å². The summed E-state index contributed by atoms with van der Waals surface area (Å²) in [4.78, 5) is 0. The van der Waals surface area contributed by atoms with E-state index in [0.717, 1.165) is 0 Å². The van der Waals surface area contributed by atoms with Crippen LogP contribution in [0.15, 0.2) is 25.3 Å². The fourth-order valence-electron chi connectivity index (χ4n) is 3.16. The summed E-state index contributed by atoms with van der Waals surface area (Å²) in [5.74, 6) is 0.198. The average Bonchev–Trinajstić information content (AvgIpc) is 2.83. The number of allylic oxidation sites excluding steroid dienone is 2. The van der Waals surface area contributed by atoms with Gasteiger partial charge in [-0.25, -0.2) is 16.8 Å². The Morgan fingerprint density at radius 1 is 0.857 bits per heavy atom. The average molecular weight is 334 g/mol. The van der Waals surface area contributed by atoms with E-state index in [1.807, 2.05) is 0 Å². The van der Waals surface area contributed by atoms with Crippen molar-refractivity contribution in [3.05, 3.63) is 25.3 Å². The Morgan fingerprint density at radius 3 is 1.57 bits per heavy atom. The Balaban J connectivity index is 2.14. The highest BCUT2D eigenvalue weighted by atomic mass is 32.2. The van der Waals surface area contributed by atoms with Crippen molar-refractivity contribution in [2.45, 2.75) is 48.4 Å². The van der Waals surface area contributed by atoms with Crippen LogP contribution in [0.3, 0.4) is 0 Å². The van der Waals surface area contributed by atoms with Crippen LogP contribution >= 0.6 is 0 Å². The zero-order chi connectivity index (χ0) is 15.7. The minimum atomic E-state index is -3.16. The number of ether oxygens (including phenoxy) is 1. The maximum absolute atomic E-state index is 12.0. The van der Waals surface area contributed by atoms with Gasteiger partial charge in [0.15, 0.2) is 19.7 Å². The second kappa shape index (κ2) is 6.22. The van der Waals surface area contributed by atoms with Gasteiger partial charge >= 0.3 is 0 Å². The summed E-state index contributed by atoms with van der Waals surface area (Å²) in [6.45, 7) is 7.19. The van der Waals surface area contributed by atoms with Gasteiger partial charge in [-0.15, -0.1) is 13.2 Å². The quantitative estimate of drug-likeness (QED) is 0.684. The van der Waals surface area contributed by atoms with E-state index in [2.05, 4.69) is 13.2 Å². The van der Waals surface area contributed by atoms with Gasteiger partial charge in [0.2, 0.25) is 0 Å². The van der Waals surface area contributed by atoms with Crippen LogP contribution in [0.1, 0.15) is 25.7 Å². The topological polar surface area (TPSA) is 77.5 Å². The van der Waals surface area contributed by atoms with Gasteiger partial charge in [-0.2, -0.15) is 0 Å². The molecule has 2 aliphatic heterocycles. The summed E-state index contributed by atoms with van der Waals surface area (Å²) < 4.78 is 54.0. The minimum Gasteiger partial charge on any atom is -0.372 e. The van der Waals surface area contributed by atoms with Crippen molar-refractivity contribution in [1.29, 1.82) is 0 Å². The first kappa shape index (κ1) is 16.7. The first-order valence-electron chi connectivity index (χ1n) is 7.12. The molecule has 21 heavy (non-hydrogen) atoms. The fourth-order valence-corrected chi connectivity index (χ4v) is 7.07. The van der Waals surface area contributed by atoms with Crippen molar-refractivity contribution in [3.8, 4) is 0 Å². The molecule has 0 aromatic carbocycles. The largest absolute Gasteiger partial charge is 0.372 e. The Labute approximate surface area is 126 Å². The third kappa shape index (κ3) is 3.40. The highest BCUT2D eigenvalue weighted by Crippen LogP contribution is 2.33. The van der Waals surface area contributed by atoms with Crippen LogP contribution in [0.5, 0.6) is 0 Å². The van der Waals surface area contributed by atoms with Crippen molar-refractivity contribution in [3.63, 3.8) is 0 Å². The molecule has 2 aliphatic rings. The molecule has 0 saturated carbocycles. The standard InChI is InChI=1S/C14H22O5S2/c1-3-5-13-11(7-9-20(13,15)16)19-12-8-10-21(17,18)14(12)6-4-2/h3-4,11-14H,1-2,5-10H2. The Bertz CT molecular complexity index is 551. The molecule has 7 heteroatoms.